The Balaban J connectivity index is 1.68. The molecule has 1 saturated carbocycles. The molecule has 1 aliphatic carbocycles. The van der Waals surface area contributed by atoms with Crippen LogP contribution in [-0.2, 0) is 0 Å². The predicted molar refractivity (Wildman–Crippen MR) is 89.0 cm³/mol. The number of aromatic nitrogens is 1. The summed E-state index contributed by atoms with van der Waals surface area (Å²) in [5.74, 6) is 0.786. The molecule has 0 aliphatic heterocycles. The number of hydrogen-bond donors (Lipinski definition) is 2. The van der Waals surface area contributed by atoms with Gasteiger partial charge in [-0.3, -0.25) is 0 Å². The molecule has 20 heavy (non-hydrogen) atoms. The Morgan fingerprint density at radius 2 is 2.15 bits per heavy atom. The van der Waals surface area contributed by atoms with Gasteiger partial charge in [0.1, 0.15) is 5.82 Å². The number of nitrogen functional groups attached to an aromatic ring is 1. The standard InChI is InChI=1S/C15H25BrN4/c1-20(13-6-3-2-4-7-13)9-5-8-18-15-14(17)10-12(16)11-19-15/h10-11,13H,2-9,17H2,1H3,(H,18,19). The van der Waals surface area contributed by atoms with E-state index in [1.807, 2.05) is 6.07 Å². The summed E-state index contributed by atoms with van der Waals surface area (Å²) in [5.41, 5.74) is 6.61. The summed E-state index contributed by atoms with van der Waals surface area (Å²) in [5, 5.41) is 3.31. The van der Waals surface area contributed by atoms with Crippen LogP contribution in [0.25, 0.3) is 0 Å². The zero-order chi connectivity index (χ0) is 14.4. The summed E-state index contributed by atoms with van der Waals surface area (Å²) in [4.78, 5) is 6.80. The lowest BCUT2D eigenvalue weighted by atomic mass is 9.94. The minimum Gasteiger partial charge on any atom is -0.396 e. The normalized spacial score (nSPS) is 16.6. The molecule has 3 N–H and O–H groups in total. The van der Waals surface area contributed by atoms with Crippen molar-refractivity contribution in [1.82, 2.24) is 9.88 Å². The van der Waals surface area contributed by atoms with E-state index in [1.54, 1.807) is 6.20 Å². The summed E-state index contributed by atoms with van der Waals surface area (Å²) in [6.45, 7) is 2.05. The van der Waals surface area contributed by atoms with Crippen molar-refractivity contribution in [3.8, 4) is 0 Å². The summed E-state index contributed by atoms with van der Waals surface area (Å²) >= 11 is 3.36. The lowest BCUT2D eigenvalue weighted by Gasteiger charge is -2.31. The van der Waals surface area contributed by atoms with Gasteiger partial charge in [0.15, 0.2) is 0 Å². The zero-order valence-electron chi connectivity index (χ0n) is 12.2. The van der Waals surface area contributed by atoms with E-state index in [9.17, 15) is 0 Å². The fraction of sp³-hybridized carbons (Fsp3) is 0.667. The van der Waals surface area contributed by atoms with Gasteiger partial charge in [0.25, 0.3) is 0 Å². The second-order valence-electron chi connectivity index (χ2n) is 5.64. The van der Waals surface area contributed by atoms with Crippen LogP contribution in [0.3, 0.4) is 0 Å². The van der Waals surface area contributed by atoms with Gasteiger partial charge < -0.3 is 16.0 Å². The topological polar surface area (TPSA) is 54.2 Å². The van der Waals surface area contributed by atoms with Gasteiger partial charge in [-0.1, -0.05) is 19.3 Å². The summed E-state index contributed by atoms with van der Waals surface area (Å²) in [6.07, 6.45) is 9.83. The van der Waals surface area contributed by atoms with Crippen LogP contribution in [-0.4, -0.2) is 36.1 Å². The van der Waals surface area contributed by atoms with Crippen LogP contribution in [0.4, 0.5) is 11.5 Å². The average molecular weight is 341 g/mol. The molecule has 0 radical (unpaired) electrons. The molecule has 0 bridgehead atoms. The molecule has 0 aromatic carbocycles. The van der Waals surface area contributed by atoms with Crippen molar-refractivity contribution in [1.29, 1.82) is 0 Å². The van der Waals surface area contributed by atoms with Crippen LogP contribution in [0, 0.1) is 0 Å². The van der Waals surface area contributed by atoms with E-state index < -0.39 is 0 Å². The lowest BCUT2D eigenvalue weighted by molar-refractivity contribution is 0.191. The average Bonchev–Trinajstić information content (AvgIpc) is 2.46. The fourth-order valence-corrected chi connectivity index (χ4v) is 3.19. The first-order valence-electron chi connectivity index (χ1n) is 7.52. The molecule has 5 heteroatoms. The number of anilines is 2. The number of hydrogen-bond acceptors (Lipinski definition) is 4. The first-order valence-corrected chi connectivity index (χ1v) is 8.31. The van der Waals surface area contributed by atoms with Gasteiger partial charge in [-0.05, 0) is 54.9 Å². The summed E-state index contributed by atoms with van der Waals surface area (Å²) in [6, 6.07) is 2.67. The highest BCUT2D eigenvalue weighted by Gasteiger charge is 2.17. The minimum absolute atomic E-state index is 0.694. The number of halogens is 1. The molecule has 1 aliphatic rings. The van der Waals surface area contributed by atoms with Crippen molar-refractivity contribution in [3.63, 3.8) is 0 Å². The third kappa shape index (κ3) is 4.63. The molecule has 0 amide bonds. The monoisotopic (exact) mass is 340 g/mol. The Morgan fingerprint density at radius 1 is 1.40 bits per heavy atom. The first-order chi connectivity index (χ1) is 9.66. The van der Waals surface area contributed by atoms with E-state index in [1.165, 1.54) is 32.1 Å². The van der Waals surface area contributed by atoms with Gasteiger partial charge in [-0.2, -0.15) is 0 Å². The third-order valence-corrected chi connectivity index (χ3v) is 4.50. The molecule has 112 valence electrons. The number of rotatable bonds is 6. The zero-order valence-corrected chi connectivity index (χ0v) is 13.8. The van der Waals surface area contributed by atoms with Crippen LogP contribution in [0.1, 0.15) is 38.5 Å². The SMILES string of the molecule is CN(CCCNc1ncc(Br)cc1N)C1CCCCC1. The molecule has 1 aromatic heterocycles. The molecular weight excluding hydrogens is 316 g/mol. The van der Waals surface area contributed by atoms with Crippen molar-refractivity contribution < 1.29 is 0 Å². The molecule has 2 rings (SSSR count). The number of pyridine rings is 1. The molecule has 0 unspecified atom stereocenters. The Kier molecular flexibility index (Phi) is 6.10. The van der Waals surface area contributed by atoms with Gasteiger partial charge in [0, 0.05) is 23.3 Å². The highest BCUT2D eigenvalue weighted by atomic mass is 79.9. The Bertz CT molecular complexity index is 418. The first kappa shape index (κ1) is 15.6. The highest BCUT2D eigenvalue weighted by molar-refractivity contribution is 9.10. The van der Waals surface area contributed by atoms with Gasteiger partial charge in [0.05, 0.1) is 5.69 Å². The Hall–Kier alpha value is -0.810. The van der Waals surface area contributed by atoms with Gasteiger partial charge in [-0.15, -0.1) is 0 Å². The van der Waals surface area contributed by atoms with E-state index in [0.717, 1.165) is 35.8 Å². The van der Waals surface area contributed by atoms with Crippen LogP contribution in [0.2, 0.25) is 0 Å². The van der Waals surface area contributed by atoms with Crippen molar-refractivity contribution in [2.45, 2.75) is 44.6 Å². The second kappa shape index (κ2) is 7.84. The molecule has 1 fully saturated rings. The van der Waals surface area contributed by atoms with Crippen LogP contribution in [0.15, 0.2) is 16.7 Å². The van der Waals surface area contributed by atoms with E-state index >= 15 is 0 Å². The molecule has 1 aromatic rings. The third-order valence-electron chi connectivity index (χ3n) is 4.06. The van der Waals surface area contributed by atoms with E-state index in [0.29, 0.717) is 5.69 Å². The lowest BCUT2D eigenvalue weighted by Crippen LogP contribution is -2.34. The van der Waals surface area contributed by atoms with Crippen molar-refractivity contribution in [2.75, 3.05) is 31.2 Å². The predicted octanol–water partition coefficient (Wildman–Crippen LogP) is 3.49. The second-order valence-corrected chi connectivity index (χ2v) is 6.56. The Labute approximate surface area is 130 Å². The number of nitrogens with one attached hydrogen (secondary N) is 1. The summed E-state index contributed by atoms with van der Waals surface area (Å²) in [7, 11) is 2.25. The molecule has 4 nitrogen and oxygen atoms in total. The van der Waals surface area contributed by atoms with Gasteiger partial charge >= 0.3 is 0 Å². The van der Waals surface area contributed by atoms with Crippen molar-refractivity contribution >= 4 is 27.4 Å². The maximum atomic E-state index is 5.91. The van der Waals surface area contributed by atoms with Crippen LogP contribution in [0.5, 0.6) is 0 Å². The van der Waals surface area contributed by atoms with Crippen LogP contribution < -0.4 is 11.1 Å². The van der Waals surface area contributed by atoms with Crippen molar-refractivity contribution in [2.24, 2.45) is 0 Å². The molecule has 1 heterocycles. The van der Waals surface area contributed by atoms with Gasteiger partial charge in [-0.25, -0.2) is 4.98 Å². The van der Waals surface area contributed by atoms with E-state index in [-0.39, 0.29) is 0 Å². The maximum Gasteiger partial charge on any atom is 0.149 e. The maximum absolute atomic E-state index is 5.91. The Morgan fingerprint density at radius 3 is 2.85 bits per heavy atom. The number of nitrogens with two attached hydrogens (primary N) is 1. The smallest absolute Gasteiger partial charge is 0.149 e. The van der Waals surface area contributed by atoms with E-state index in [4.69, 9.17) is 5.73 Å². The molecular formula is C15H25BrN4. The molecule has 0 atom stereocenters. The van der Waals surface area contributed by atoms with Crippen LogP contribution >= 0.6 is 15.9 Å². The van der Waals surface area contributed by atoms with E-state index in [2.05, 4.69) is 38.2 Å². The van der Waals surface area contributed by atoms with Crippen molar-refractivity contribution in [3.05, 3.63) is 16.7 Å². The quantitative estimate of drug-likeness (QED) is 0.778. The molecule has 0 saturated heterocycles. The fourth-order valence-electron chi connectivity index (χ4n) is 2.84. The molecule has 0 spiro atoms. The highest BCUT2D eigenvalue weighted by Crippen LogP contribution is 2.22. The summed E-state index contributed by atoms with van der Waals surface area (Å²) < 4.78 is 0.914. The van der Waals surface area contributed by atoms with Gasteiger partial charge in [0.2, 0.25) is 0 Å². The number of nitrogens with zero attached hydrogens (tertiary/aromatic N) is 2. The largest absolute Gasteiger partial charge is 0.396 e. The minimum atomic E-state index is 0.694.